The second-order valence-electron chi connectivity index (χ2n) is 4.70. The van der Waals surface area contributed by atoms with Gasteiger partial charge in [-0.1, -0.05) is 18.2 Å². The van der Waals surface area contributed by atoms with E-state index in [-0.39, 0.29) is 0 Å². The summed E-state index contributed by atoms with van der Waals surface area (Å²) in [6.45, 7) is 0. The van der Waals surface area contributed by atoms with Gasteiger partial charge in [0.1, 0.15) is 5.82 Å². The van der Waals surface area contributed by atoms with Crippen LogP contribution in [0.2, 0.25) is 0 Å². The van der Waals surface area contributed by atoms with Crippen molar-refractivity contribution in [2.24, 2.45) is 7.05 Å². The largest absolute Gasteiger partial charge is 0.382 e. The fourth-order valence-electron chi connectivity index (χ4n) is 2.47. The average molecular weight is 227 g/mol. The molecule has 2 aromatic rings. The van der Waals surface area contributed by atoms with Gasteiger partial charge >= 0.3 is 0 Å². The summed E-state index contributed by atoms with van der Waals surface area (Å²) < 4.78 is 2.10. The number of imidazole rings is 1. The molecule has 1 N–H and O–H groups in total. The van der Waals surface area contributed by atoms with Crippen molar-refractivity contribution in [3.05, 3.63) is 48.0 Å². The zero-order valence-corrected chi connectivity index (χ0v) is 10.1. The molecule has 0 spiro atoms. The van der Waals surface area contributed by atoms with Crippen molar-refractivity contribution in [1.82, 2.24) is 9.55 Å². The summed E-state index contributed by atoms with van der Waals surface area (Å²) in [5.74, 6) is 1.15. The fraction of sp³-hybridized carbons (Fsp3) is 0.357. The van der Waals surface area contributed by atoms with E-state index in [0.29, 0.717) is 6.04 Å². The number of benzene rings is 1. The topological polar surface area (TPSA) is 29.9 Å². The number of hydrogen-bond acceptors (Lipinski definition) is 2. The first kappa shape index (κ1) is 10.4. The number of anilines is 1. The smallest absolute Gasteiger partial charge is 0.110 e. The highest BCUT2D eigenvalue weighted by molar-refractivity contribution is 5.53. The molecule has 0 fully saturated rings. The van der Waals surface area contributed by atoms with Gasteiger partial charge in [0.25, 0.3) is 0 Å². The zero-order valence-electron chi connectivity index (χ0n) is 10.1. The van der Waals surface area contributed by atoms with Crippen molar-refractivity contribution in [1.29, 1.82) is 0 Å². The summed E-state index contributed by atoms with van der Waals surface area (Å²) in [5.41, 5.74) is 2.72. The van der Waals surface area contributed by atoms with Crippen LogP contribution in [0.25, 0.3) is 0 Å². The predicted octanol–water partition coefficient (Wildman–Crippen LogP) is 2.39. The van der Waals surface area contributed by atoms with Crippen LogP contribution in [0.4, 0.5) is 5.69 Å². The second kappa shape index (κ2) is 4.24. The molecule has 1 aliphatic heterocycles. The van der Waals surface area contributed by atoms with Crippen LogP contribution in [0.5, 0.6) is 0 Å². The summed E-state index contributed by atoms with van der Waals surface area (Å²) in [6.07, 6.45) is 7.22. The number of aryl methyl sites for hydroxylation is 2. The van der Waals surface area contributed by atoms with E-state index in [1.807, 2.05) is 12.4 Å². The number of aromatic nitrogens is 2. The molecule has 0 aliphatic carbocycles. The zero-order chi connectivity index (χ0) is 11.7. The summed E-state index contributed by atoms with van der Waals surface area (Å²) >= 11 is 0. The third-order valence-corrected chi connectivity index (χ3v) is 3.49. The van der Waals surface area contributed by atoms with Crippen molar-refractivity contribution in [2.45, 2.75) is 25.3 Å². The van der Waals surface area contributed by atoms with Crippen LogP contribution in [-0.2, 0) is 19.9 Å². The highest BCUT2D eigenvalue weighted by Crippen LogP contribution is 2.25. The quantitative estimate of drug-likeness (QED) is 0.853. The van der Waals surface area contributed by atoms with Crippen LogP contribution in [0.15, 0.2) is 36.7 Å². The second-order valence-corrected chi connectivity index (χ2v) is 4.70. The van der Waals surface area contributed by atoms with E-state index in [4.69, 9.17) is 0 Å². The third kappa shape index (κ3) is 2.05. The Bertz CT molecular complexity index is 516. The molecule has 0 amide bonds. The molecule has 1 aliphatic rings. The van der Waals surface area contributed by atoms with Gasteiger partial charge in [-0.2, -0.15) is 0 Å². The lowest BCUT2D eigenvalue weighted by atomic mass is 9.96. The van der Waals surface area contributed by atoms with E-state index in [1.54, 1.807) is 0 Å². The Balaban J connectivity index is 1.74. The first-order valence-electron chi connectivity index (χ1n) is 6.13. The van der Waals surface area contributed by atoms with E-state index in [0.717, 1.165) is 18.7 Å². The average Bonchev–Trinajstić information content (AvgIpc) is 2.75. The molecular formula is C14H17N3. The fourth-order valence-corrected chi connectivity index (χ4v) is 2.47. The molecule has 3 heteroatoms. The van der Waals surface area contributed by atoms with E-state index < -0.39 is 0 Å². The van der Waals surface area contributed by atoms with E-state index in [2.05, 4.69) is 46.2 Å². The Labute approximate surface area is 101 Å². The molecule has 2 heterocycles. The van der Waals surface area contributed by atoms with Gasteiger partial charge in [0, 0.05) is 37.6 Å². The molecule has 0 saturated carbocycles. The molecule has 3 nitrogen and oxygen atoms in total. The molecule has 0 saturated heterocycles. The number of rotatable bonds is 2. The van der Waals surface area contributed by atoms with Crippen LogP contribution in [0, 0.1) is 0 Å². The van der Waals surface area contributed by atoms with Crippen molar-refractivity contribution in [3.8, 4) is 0 Å². The highest BCUT2D eigenvalue weighted by Gasteiger charge is 2.18. The lowest BCUT2D eigenvalue weighted by Crippen LogP contribution is -2.28. The Kier molecular flexibility index (Phi) is 2.59. The van der Waals surface area contributed by atoms with E-state index in [9.17, 15) is 0 Å². The van der Waals surface area contributed by atoms with Gasteiger partial charge in [-0.15, -0.1) is 0 Å². The number of hydrogen-bond donors (Lipinski definition) is 1. The standard InChI is InChI=1S/C14H17N3/c1-17-9-8-15-14(17)10-12-7-6-11-4-2-3-5-13(11)16-12/h2-5,8-9,12,16H,6-7,10H2,1H3. The maximum absolute atomic E-state index is 4.39. The highest BCUT2D eigenvalue weighted by atomic mass is 15.0. The van der Waals surface area contributed by atoms with E-state index >= 15 is 0 Å². The van der Waals surface area contributed by atoms with Gasteiger partial charge < -0.3 is 9.88 Å². The van der Waals surface area contributed by atoms with Crippen molar-refractivity contribution >= 4 is 5.69 Å². The maximum Gasteiger partial charge on any atom is 0.110 e. The van der Waals surface area contributed by atoms with Gasteiger partial charge in [-0.25, -0.2) is 4.98 Å². The molecular weight excluding hydrogens is 210 g/mol. The minimum absolute atomic E-state index is 0.506. The van der Waals surface area contributed by atoms with Crippen LogP contribution >= 0.6 is 0 Å². The molecule has 1 aromatic carbocycles. The molecule has 0 radical (unpaired) electrons. The summed E-state index contributed by atoms with van der Waals surface area (Å²) in [5, 5.41) is 3.61. The molecule has 0 bridgehead atoms. The number of nitrogens with zero attached hydrogens (tertiary/aromatic N) is 2. The monoisotopic (exact) mass is 227 g/mol. The molecule has 3 rings (SSSR count). The molecule has 17 heavy (non-hydrogen) atoms. The molecule has 1 atom stereocenters. The molecule has 88 valence electrons. The first-order chi connectivity index (χ1) is 8.33. The normalized spacial score (nSPS) is 18.5. The lowest BCUT2D eigenvalue weighted by Gasteiger charge is -2.26. The number of fused-ring (bicyclic) bond motifs is 1. The minimum Gasteiger partial charge on any atom is -0.382 e. The van der Waals surface area contributed by atoms with Crippen LogP contribution < -0.4 is 5.32 Å². The van der Waals surface area contributed by atoms with Gasteiger partial charge in [0.05, 0.1) is 0 Å². The molecule has 1 unspecified atom stereocenters. The lowest BCUT2D eigenvalue weighted by molar-refractivity contribution is 0.598. The van der Waals surface area contributed by atoms with Gasteiger partial charge in [0.2, 0.25) is 0 Å². The van der Waals surface area contributed by atoms with E-state index in [1.165, 1.54) is 17.7 Å². The number of nitrogens with one attached hydrogen (secondary N) is 1. The van der Waals surface area contributed by atoms with Crippen LogP contribution in [0.3, 0.4) is 0 Å². The van der Waals surface area contributed by atoms with Crippen molar-refractivity contribution < 1.29 is 0 Å². The molecule has 1 aromatic heterocycles. The summed E-state index contributed by atoms with van der Waals surface area (Å²) in [4.78, 5) is 4.39. The summed E-state index contributed by atoms with van der Waals surface area (Å²) in [7, 11) is 2.05. The Hall–Kier alpha value is -1.77. The van der Waals surface area contributed by atoms with Crippen LogP contribution in [0.1, 0.15) is 17.8 Å². The first-order valence-corrected chi connectivity index (χ1v) is 6.13. The van der Waals surface area contributed by atoms with Gasteiger partial charge in [-0.3, -0.25) is 0 Å². The Morgan fingerprint density at radius 2 is 2.29 bits per heavy atom. The Morgan fingerprint density at radius 1 is 1.41 bits per heavy atom. The SMILES string of the molecule is Cn1ccnc1CC1CCc2ccccc2N1. The summed E-state index contributed by atoms with van der Waals surface area (Å²) in [6, 6.07) is 9.08. The van der Waals surface area contributed by atoms with Gasteiger partial charge in [-0.05, 0) is 24.5 Å². The van der Waals surface area contributed by atoms with Crippen LogP contribution in [-0.4, -0.2) is 15.6 Å². The Morgan fingerprint density at radius 3 is 3.12 bits per heavy atom. The third-order valence-electron chi connectivity index (χ3n) is 3.49. The number of para-hydroxylation sites is 1. The maximum atomic E-state index is 4.39. The minimum atomic E-state index is 0.506. The van der Waals surface area contributed by atoms with Crippen molar-refractivity contribution in [3.63, 3.8) is 0 Å². The van der Waals surface area contributed by atoms with Crippen molar-refractivity contribution in [2.75, 3.05) is 5.32 Å². The predicted molar refractivity (Wildman–Crippen MR) is 69.1 cm³/mol. The van der Waals surface area contributed by atoms with Gasteiger partial charge in [0.15, 0.2) is 0 Å².